The van der Waals surface area contributed by atoms with E-state index in [1.54, 1.807) is 6.08 Å². The lowest BCUT2D eigenvalue weighted by molar-refractivity contribution is 0.0698. The smallest absolute Gasteiger partial charge is 0.337 e. The lowest BCUT2D eigenvalue weighted by atomic mass is 10.1. The molecule has 0 radical (unpaired) electrons. The minimum Gasteiger partial charge on any atom is -0.497 e. The van der Waals surface area contributed by atoms with Crippen molar-refractivity contribution < 1.29 is 19.4 Å². The number of ether oxygens (including phenoxy) is 1. The molecule has 1 rings (SSSR count). The lowest BCUT2D eigenvalue weighted by Crippen LogP contribution is -2.40. The van der Waals surface area contributed by atoms with Gasteiger partial charge in [0.25, 0.3) is 0 Å². The Morgan fingerprint density at radius 1 is 1.48 bits per heavy atom. The van der Waals surface area contributed by atoms with Gasteiger partial charge in [0, 0.05) is 18.7 Å². The number of nitrogens with zero attached hydrogens (tertiary/aromatic N) is 1. The highest BCUT2D eigenvalue weighted by molar-refractivity contribution is 6.00. The number of anilines is 1. The molecule has 0 fully saturated rings. The molecule has 0 aliphatic rings. The van der Waals surface area contributed by atoms with Gasteiger partial charge in [-0.05, 0) is 26.0 Å². The normalized spacial score (nSPS) is 10.1. The van der Waals surface area contributed by atoms with Crippen LogP contribution in [-0.2, 0) is 0 Å². The summed E-state index contributed by atoms with van der Waals surface area (Å²) in [5.41, 5.74) is 0.202. The van der Waals surface area contributed by atoms with Crippen LogP contribution in [0.1, 0.15) is 24.2 Å². The number of urea groups is 1. The molecule has 0 saturated carbocycles. The highest BCUT2D eigenvalue weighted by atomic mass is 16.5. The van der Waals surface area contributed by atoms with Crippen molar-refractivity contribution in [2.24, 2.45) is 0 Å². The minimum absolute atomic E-state index is 0.00598. The quantitative estimate of drug-likeness (QED) is 0.790. The van der Waals surface area contributed by atoms with E-state index in [0.29, 0.717) is 12.3 Å². The molecule has 1 aromatic rings. The first-order chi connectivity index (χ1) is 9.90. The zero-order valence-corrected chi connectivity index (χ0v) is 12.4. The molecule has 21 heavy (non-hydrogen) atoms. The van der Waals surface area contributed by atoms with Crippen LogP contribution >= 0.6 is 0 Å². The molecule has 6 heteroatoms. The number of carbonyl (C=O) groups excluding carboxylic acids is 1. The average Bonchev–Trinajstić information content (AvgIpc) is 2.43. The van der Waals surface area contributed by atoms with E-state index < -0.39 is 5.97 Å². The maximum Gasteiger partial charge on any atom is 0.337 e. The molecule has 1 aromatic carbocycles. The van der Waals surface area contributed by atoms with Crippen LogP contribution in [0, 0.1) is 0 Å². The predicted molar refractivity (Wildman–Crippen MR) is 81.0 cm³/mol. The van der Waals surface area contributed by atoms with Gasteiger partial charge in [0.15, 0.2) is 0 Å². The Labute approximate surface area is 124 Å². The van der Waals surface area contributed by atoms with Crippen LogP contribution in [0.5, 0.6) is 5.75 Å². The molecular formula is C15H20N2O4. The highest BCUT2D eigenvalue weighted by Gasteiger charge is 2.19. The first-order valence-electron chi connectivity index (χ1n) is 6.50. The third-order valence-electron chi connectivity index (χ3n) is 2.91. The van der Waals surface area contributed by atoms with E-state index >= 15 is 0 Å². The van der Waals surface area contributed by atoms with Gasteiger partial charge in [-0.25, -0.2) is 9.59 Å². The second-order valence-corrected chi connectivity index (χ2v) is 4.68. The number of carbonyl (C=O) groups is 2. The van der Waals surface area contributed by atoms with Crippen LogP contribution in [0.2, 0.25) is 0 Å². The molecule has 0 aliphatic heterocycles. The van der Waals surface area contributed by atoms with Crippen molar-refractivity contribution >= 4 is 17.7 Å². The fourth-order valence-electron chi connectivity index (χ4n) is 1.79. The molecule has 0 unspecified atom stereocenters. The Balaban J connectivity index is 3.06. The van der Waals surface area contributed by atoms with Crippen molar-refractivity contribution in [2.75, 3.05) is 19.0 Å². The van der Waals surface area contributed by atoms with Crippen molar-refractivity contribution in [3.63, 3.8) is 0 Å². The zero-order chi connectivity index (χ0) is 16.0. The molecule has 0 bridgehead atoms. The monoisotopic (exact) mass is 292 g/mol. The molecule has 0 spiro atoms. The number of amides is 2. The van der Waals surface area contributed by atoms with Crippen LogP contribution in [0.25, 0.3) is 0 Å². The van der Waals surface area contributed by atoms with Gasteiger partial charge in [-0.2, -0.15) is 0 Å². The zero-order valence-electron chi connectivity index (χ0n) is 12.4. The summed E-state index contributed by atoms with van der Waals surface area (Å²) in [5, 5.41) is 11.8. The molecule has 114 valence electrons. The van der Waals surface area contributed by atoms with Crippen LogP contribution in [0.4, 0.5) is 10.5 Å². The Bertz CT molecular complexity index is 540. The van der Waals surface area contributed by atoms with Crippen molar-refractivity contribution in [2.45, 2.75) is 19.9 Å². The molecule has 2 N–H and O–H groups in total. The Hall–Kier alpha value is -2.50. The molecule has 0 atom stereocenters. The average molecular weight is 292 g/mol. The third kappa shape index (κ3) is 4.24. The number of nitrogens with one attached hydrogen (secondary N) is 1. The van der Waals surface area contributed by atoms with Gasteiger partial charge in [-0.3, -0.25) is 0 Å². The molecule has 0 aromatic heterocycles. The van der Waals surface area contributed by atoms with Crippen LogP contribution in [-0.4, -0.2) is 41.7 Å². The summed E-state index contributed by atoms with van der Waals surface area (Å²) in [7, 11) is 1.47. The molecule has 2 amide bonds. The fraction of sp³-hybridized carbons (Fsp3) is 0.333. The molecule has 0 saturated heterocycles. The van der Waals surface area contributed by atoms with Crippen LogP contribution in [0.15, 0.2) is 30.9 Å². The maximum absolute atomic E-state index is 12.3. The van der Waals surface area contributed by atoms with Crippen molar-refractivity contribution in [3.05, 3.63) is 36.4 Å². The first kappa shape index (κ1) is 16.6. The third-order valence-corrected chi connectivity index (χ3v) is 2.91. The Kier molecular flexibility index (Phi) is 5.78. The fourth-order valence-corrected chi connectivity index (χ4v) is 1.79. The molecule has 0 aliphatic carbocycles. The van der Waals surface area contributed by atoms with E-state index in [9.17, 15) is 14.7 Å². The Morgan fingerprint density at radius 3 is 2.62 bits per heavy atom. The highest BCUT2D eigenvalue weighted by Crippen LogP contribution is 2.23. The van der Waals surface area contributed by atoms with E-state index in [1.807, 2.05) is 13.8 Å². The van der Waals surface area contributed by atoms with E-state index in [0.717, 1.165) is 0 Å². The van der Waals surface area contributed by atoms with Gasteiger partial charge in [0.1, 0.15) is 5.75 Å². The van der Waals surface area contributed by atoms with Crippen molar-refractivity contribution in [3.8, 4) is 5.75 Å². The number of hydrogen-bond acceptors (Lipinski definition) is 3. The van der Waals surface area contributed by atoms with Crippen molar-refractivity contribution in [1.82, 2.24) is 4.90 Å². The number of aromatic carboxylic acids is 1. The Morgan fingerprint density at radius 2 is 2.14 bits per heavy atom. The summed E-state index contributed by atoms with van der Waals surface area (Å²) in [6.07, 6.45) is 1.61. The number of hydrogen-bond donors (Lipinski definition) is 2. The topological polar surface area (TPSA) is 78.9 Å². The minimum atomic E-state index is -1.12. The summed E-state index contributed by atoms with van der Waals surface area (Å²) in [6.45, 7) is 7.72. The number of benzene rings is 1. The standard InChI is InChI=1S/C15H20N2O4/c1-5-8-17(10(2)3)15(20)16-13-9-11(21-4)6-7-12(13)14(18)19/h5-7,9-10H,1,8H2,2-4H3,(H,16,20)(H,18,19). The van der Waals surface area contributed by atoms with Crippen LogP contribution in [0.3, 0.4) is 0 Å². The predicted octanol–water partition coefficient (Wildman–Crippen LogP) is 2.82. The lowest BCUT2D eigenvalue weighted by Gasteiger charge is -2.26. The largest absolute Gasteiger partial charge is 0.497 e. The number of rotatable bonds is 6. The first-order valence-corrected chi connectivity index (χ1v) is 6.50. The van der Waals surface area contributed by atoms with Gasteiger partial charge in [-0.15, -0.1) is 6.58 Å². The number of carboxylic acid groups (broad SMARTS) is 1. The van der Waals surface area contributed by atoms with Gasteiger partial charge in [0.05, 0.1) is 18.4 Å². The summed E-state index contributed by atoms with van der Waals surface area (Å²) in [4.78, 5) is 25.0. The van der Waals surface area contributed by atoms with Gasteiger partial charge >= 0.3 is 12.0 Å². The van der Waals surface area contributed by atoms with E-state index in [1.165, 1.54) is 30.2 Å². The molecule has 6 nitrogen and oxygen atoms in total. The second-order valence-electron chi connectivity index (χ2n) is 4.68. The van der Waals surface area contributed by atoms with E-state index in [2.05, 4.69) is 11.9 Å². The van der Waals surface area contributed by atoms with E-state index in [4.69, 9.17) is 4.74 Å². The summed E-state index contributed by atoms with van der Waals surface area (Å²) >= 11 is 0. The van der Waals surface area contributed by atoms with Crippen molar-refractivity contribution in [1.29, 1.82) is 0 Å². The van der Waals surface area contributed by atoms with Crippen LogP contribution < -0.4 is 10.1 Å². The summed E-state index contributed by atoms with van der Waals surface area (Å²) < 4.78 is 5.05. The number of methoxy groups -OCH3 is 1. The van der Waals surface area contributed by atoms with Gasteiger partial charge < -0.3 is 20.1 Å². The molecular weight excluding hydrogens is 272 g/mol. The molecule has 0 heterocycles. The SMILES string of the molecule is C=CCN(C(=O)Nc1cc(OC)ccc1C(=O)O)C(C)C. The van der Waals surface area contributed by atoms with Gasteiger partial charge in [0.2, 0.25) is 0 Å². The summed E-state index contributed by atoms with van der Waals surface area (Å²) in [5.74, 6) is -0.650. The van der Waals surface area contributed by atoms with E-state index in [-0.39, 0.29) is 23.3 Å². The summed E-state index contributed by atoms with van der Waals surface area (Å²) in [6, 6.07) is 3.98. The number of carboxylic acids is 1. The maximum atomic E-state index is 12.3. The van der Waals surface area contributed by atoms with Gasteiger partial charge in [-0.1, -0.05) is 6.08 Å². The second kappa shape index (κ2) is 7.33.